The van der Waals surface area contributed by atoms with Gasteiger partial charge in [-0.3, -0.25) is 14.9 Å². The molecular formula is C11H19ClN4. The Morgan fingerprint density at radius 1 is 1.38 bits per heavy atom. The molecule has 0 bridgehead atoms. The summed E-state index contributed by atoms with van der Waals surface area (Å²) >= 11 is 0. The van der Waals surface area contributed by atoms with Crippen molar-refractivity contribution >= 4 is 12.4 Å². The van der Waals surface area contributed by atoms with Gasteiger partial charge in [-0.2, -0.15) is 0 Å². The molecule has 16 heavy (non-hydrogen) atoms. The minimum atomic E-state index is 0. The summed E-state index contributed by atoms with van der Waals surface area (Å²) in [6.07, 6.45) is 7.78. The molecular weight excluding hydrogens is 224 g/mol. The predicted octanol–water partition coefficient (Wildman–Crippen LogP) is 1.08. The quantitative estimate of drug-likeness (QED) is 0.862. The number of hydrogen-bond donors (Lipinski definition) is 1. The molecule has 0 radical (unpaired) electrons. The Hall–Kier alpha value is -0.710. The Labute approximate surface area is 103 Å². The molecule has 5 heteroatoms. The topological polar surface area (TPSA) is 41.1 Å². The minimum Gasteiger partial charge on any atom is -0.317 e. The van der Waals surface area contributed by atoms with E-state index in [0.29, 0.717) is 6.04 Å². The van der Waals surface area contributed by atoms with Crippen LogP contribution >= 0.6 is 12.4 Å². The molecule has 0 aliphatic carbocycles. The molecule has 0 unspecified atom stereocenters. The number of nitrogens with one attached hydrogen (secondary N) is 1. The van der Waals surface area contributed by atoms with Gasteiger partial charge in [-0.25, -0.2) is 0 Å². The Bertz CT molecular complexity index is 287. The van der Waals surface area contributed by atoms with Gasteiger partial charge in [0.15, 0.2) is 0 Å². The summed E-state index contributed by atoms with van der Waals surface area (Å²) < 4.78 is 0. The average molecular weight is 243 g/mol. The Balaban J connectivity index is 0.00000128. The first-order valence-corrected chi connectivity index (χ1v) is 5.52. The summed E-state index contributed by atoms with van der Waals surface area (Å²) in [5.41, 5.74) is 1.05. The second-order valence-electron chi connectivity index (χ2n) is 4.09. The molecule has 0 saturated carbocycles. The van der Waals surface area contributed by atoms with E-state index in [0.717, 1.165) is 25.3 Å². The molecule has 90 valence electrons. The van der Waals surface area contributed by atoms with Crippen LogP contribution in [0.4, 0.5) is 0 Å². The van der Waals surface area contributed by atoms with E-state index in [2.05, 4.69) is 27.2 Å². The second-order valence-corrected chi connectivity index (χ2v) is 4.09. The summed E-state index contributed by atoms with van der Waals surface area (Å²) in [5.74, 6) is 0. The number of hydrogen-bond acceptors (Lipinski definition) is 4. The first-order chi connectivity index (χ1) is 7.36. The normalized spacial score (nSPS) is 17.1. The average Bonchev–Trinajstić information content (AvgIpc) is 2.31. The lowest BCUT2D eigenvalue weighted by Crippen LogP contribution is -2.40. The minimum absolute atomic E-state index is 0. The van der Waals surface area contributed by atoms with E-state index in [-0.39, 0.29) is 12.4 Å². The van der Waals surface area contributed by atoms with Gasteiger partial charge in [0.25, 0.3) is 0 Å². The molecule has 2 rings (SSSR count). The van der Waals surface area contributed by atoms with Crippen LogP contribution in [0.3, 0.4) is 0 Å². The van der Waals surface area contributed by atoms with Crippen LogP contribution in [0.15, 0.2) is 18.6 Å². The van der Waals surface area contributed by atoms with Gasteiger partial charge in [-0.05, 0) is 33.0 Å². The Morgan fingerprint density at radius 3 is 2.75 bits per heavy atom. The van der Waals surface area contributed by atoms with E-state index in [1.807, 2.05) is 6.20 Å². The third-order valence-corrected chi connectivity index (χ3v) is 2.96. The summed E-state index contributed by atoms with van der Waals surface area (Å²) in [4.78, 5) is 10.8. The Morgan fingerprint density at radius 2 is 2.12 bits per heavy atom. The molecule has 4 nitrogen and oxygen atoms in total. The van der Waals surface area contributed by atoms with Gasteiger partial charge in [-0.15, -0.1) is 12.4 Å². The van der Waals surface area contributed by atoms with Crippen molar-refractivity contribution in [3.8, 4) is 0 Å². The van der Waals surface area contributed by atoms with Gasteiger partial charge < -0.3 is 5.32 Å². The first-order valence-electron chi connectivity index (χ1n) is 5.52. The maximum Gasteiger partial charge on any atom is 0.0726 e. The van der Waals surface area contributed by atoms with E-state index >= 15 is 0 Å². The predicted molar refractivity (Wildman–Crippen MR) is 66.6 cm³/mol. The molecule has 0 amide bonds. The summed E-state index contributed by atoms with van der Waals surface area (Å²) in [6, 6.07) is 0.688. The highest BCUT2D eigenvalue weighted by atomic mass is 35.5. The highest BCUT2D eigenvalue weighted by Crippen LogP contribution is 2.11. The number of halogens is 1. The van der Waals surface area contributed by atoms with Crippen LogP contribution < -0.4 is 5.32 Å². The van der Waals surface area contributed by atoms with Crippen LogP contribution in [0.1, 0.15) is 18.5 Å². The molecule has 2 heterocycles. The fourth-order valence-corrected chi connectivity index (χ4v) is 2.04. The van der Waals surface area contributed by atoms with Gasteiger partial charge in [-0.1, -0.05) is 0 Å². The monoisotopic (exact) mass is 242 g/mol. The molecule has 1 aromatic rings. The van der Waals surface area contributed by atoms with Crippen molar-refractivity contribution in [3.63, 3.8) is 0 Å². The van der Waals surface area contributed by atoms with Crippen LogP contribution in [0.25, 0.3) is 0 Å². The van der Waals surface area contributed by atoms with Crippen molar-refractivity contribution in [1.82, 2.24) is 20.2 Å². The molecule has 1 fully saturated rings. The number of nitrogens with zero attached hydrogens (tertiary/aromatic N) is 3. The fraction of sp³-hybridized carbons (Fsp3) is 0.636. The lowest BCUT2D eigenvalue weighted by atomic mass is 10.1. The largest absolute Gasteiger partial charge is 0.317 e. The SMILES string of the molecule is CN(Cc1cnccn1)C1CCNCC1.Cl. The first kappa shape index (κ1) is 13.4. The standard InChI is InChI=1S/C11H18N4.ClH/c1-15(11-2-4-12-5-3-11)9-10-8-13-6-7-14-10;/h6-8,11-12H,2-5,9H2,1H3;1H. The van der Waals surface area contributed by atoms with Gasteiger partial charge >= 0.3 is 0 Å². The maximum absolute atomic E-state index is 4.29. The van der Waals surface area contributed by atoms with E-state index in [9.17, 15) is 0 Å². The van der Waals surface area contributed by atoms with Crippen molar-refractivity contribution in [2.75, 3.05) is 20.1 Å². The van der Waals surface area contributed by atoms with E-state index in [4.69, 9.17) is 0 Å². The molecule has 0 aromatic carbocycles. The molecule has 0 atom stereocenters. The molecule has 1 N–H and O–H groups in total. The van der Waals surface area contributed by atoms with Crippen LogP contribution in [0.2, 0.25) is 0 Å². The van der Waals surface area contributed by atoms with Crippen molar-refractivity contribution in [2.24, 2.45) is 0 Å². The lowest BCUT2D eigenvalue weighted by molar-refractivity contribution is 0.189. The summed E-state index contributed by atoms with van der Waals surface area (Å²) in [6.45, 7) is 3.17. The van der Waals surface area contributed by atoms with E-state index < -0.39 is 0 Å². The maximum atomic E-state index is 4.29. The number of rotatable bonds is 3. The van der Waals surface area contributed by atoms with Crippen LogP contribution in [0, 0.1) is 0 Å². The zero-order chi connectivity index (χ0) is 10.5. The van der Waals surface area contributed by atoms with Crippen LogP contribution in [0.5, 0.6) is 0 Å². The van der Waals surface area contributed by atoms with E-state index in [1.54, 1.807) is 12.4 Å². The van der Waals surface area contributed by atoms with Crippen molar-refractivity contribution < 1.29 is 0 Å². The van der Waals surface area contributed by atoms with Crippen molar-refractivity contribution in [2.45, 2.75) is 25.4 Å². The van der Waals surface area contributed by atoms with Gasteiger partial charge in [0, 0.05) is 31.2 Å². The highest BCUT2D eigenvalue weighted by molar-refractivity contribution is 5.85. The summed E-state index contributed by atoms with van der Waals surface area (Å²) in [5, 5.41) is 3.38. The fourth-order valence-electron chi connectivity index (χ4n) is 2.04. The highest BCUT2D eigenvalue weighted by Gasteiger charge is 2.17. The van der Waals surface area contributed by atoms with Crippen molar-refractivity contribution in [3.05, 3.63) is 24.3 Å². The third kappa shape index (κ3) is 3.70. The molecule has 0 spiro atoms. The lowest BCUT2D eigenvalue weighted by Gasteiger charge is -2.31. The van der Waals surface area contributed by atoms with Gasteiger partial charge in [0.2, 0.25) is 0 Å². The molecule has 1 aliphatic heterocycles. The van der Waals surface area contributed by atoms with Gasteiger partial charge in [0.1, 0.15) is 0 Å². The number of piperidine rings is 1. The van der Waals surface area contributed by atoms with Gasteiger partial charge in [0.05, 0.1) is 5.69 Å². The van der Waals surface area contributed by atoms with E-state index in [1.165, 1.54) is 12.8 Å². The third-order valence-electron chi connectivity index (χ3n) is 2.96. The zero-order valence-electron chi connectivity index (χ0n) is 9.59. The smallest absolute Gasteiger partial charge is 0.0726 e. The molecule has 1 aliphatic rings. The summed E-state index contributed by atoms with van der Waals surface area (Å²) in [7, 11) is 2.17. The van der Waals surface area contributed by atoms with Crippen LogP contribution in [-0.2, 0) is 6.54 Å². The Kier molecular flexibility index (Phi) is 5.66. The zero-order valence-corrected chi connectivity index (χ0v) is 10.4. The van der Waals surface area contributed by atoms with Crippen LogP contribution in [-0.4, -0.2) is 41.0 Å². The number of aromatic nitrogens is 2. The van der Waals surface area contributed by atoms with Crippen molar-refractivity contribution in [1.29, 1.82) is 0 Å². The molecule has 1 saturated heterocycles. The molecule has 1 aromatic heterocycles. The second kappa shape index (κ2) is 6.78.